The zero-order chi connectivity index (χ0) is 14.4. The maximum absolute atomic E-state index is 5.40. The number of nitrogens with one attached hydrogen (secondary N) is 2. The number of nitrogens with two attached hydrogens (primary N) is 1. The molecule has 0 atom stereocenters. The van der Waals surface area contributed by atoms with Crippen molar-refractivity contribution in [2.45, 2.75) is 18.5 Å². The average molecular weight is 289 g/mol. The van der Waals surface area contributed by atoms with Gasteiger partial charge in [0.15, 0.2) is 5.16 Å². The lowest BCUT2D eigenvalue weighted by Gasteiger charge is -2.09. The first-order valence-corrected chi connectivity index (χ1v) is 7.63. The fourth-order valence-corrected chi connectivity index (χ4v) is 2.26. The van der Waals surface area contributed by atoms with E-state index in [2.05, 4.69) is 51.9 Å². The van der Waals surface area contributed by atoms with Crippen LogP contribution in [0.3, 0.4) is 0 Å². The van der Waals surface area contributed by atoms with Crippen LogP contribution in [0.5, 0.6) is 0 Å². The summed E-state index contributed by atoms with van der Waals surface area (Å²) in [5.41, 5.74) is 5.15. The summed E-state index contributed by atoms with van der Waals surface area (Å²) in [7, 11) is 0. The van der Waals surface area contributed by atoms with Crippen molar-refractivity contribution >= 4 is 23.4 Å². The number of hydrogen-bond acceptors (Lipinski definition) is 6. The number of nitrogen functional groups attached to an aromatic ring is 1. The largest absolute Gasteiger partial charge is 0.370 e. The molecule has 106 valence electrons. The van der Waals surface area contributed by atoms with Gasteiger partial charge in [-0.05, 0) is 25.2 Å². The first-order valence-electron chi connectivity index (χ1n) is 6.40. The van der Waals surface area contributed by atoms with E-state index in [9.17, 15) is 0 Å². The van der Waals surface area contributed by atoms with Crippen LogP contribution in [0.2, 0.25) is 0 Å². The molecule has 0 spiro atoms. The standard InChI is InChI=1S/C14H19N5S/c1-10-4-3-5-11(8-10)6-7-16-12-9-13(19-15)18-14(17-12)20-2/h3-5,8-9H,6-7,15H2,1-2H3,(H2,16,17,18,19). The van der Waals surface area contributed by atoms with Crippen LogP contribution in [0.15, 0.2) is 35.5 Å². The zero-order valence-corrected chi connectivity index (χ0v) is 12.5. The van der Waals surface area contributed by atoms with Crippen molar-refractivity contribution < 1.29 is 0 Å². The van der Waals surface area contributed by atoms with Crippen LogP contribution >= 0.6 is 11.8 Å². The molecule has 0 radical (unpaired) electrons. The third-order valence-corrected chi connectivity index (χ3v) is 3.39. The van der Waals surface area contributed by atoms with E-state index in [1.54, 1.807) is 6.07 Å². The molecule has 4 N–H and O–H groups in total. The molecule has 1 aromatic heterocycles. The molecule has 2 aromatic rings. The summed E-state index contributed by atoms with van der Waals surface area (Å²) in [6.45, 7) is 2.92. The highest BCUT2D eigenvalue weighted by Crippen LogP contribution is 2.16. The molecule has 0 saturated heterocycles. The summed E-state index contributed by atoms with van der Waals surface area (Å²) in [4.78, 5) is 8.62. The minimum Gasteiger partial charge on any atom is -0.370 e. The SMILES string of the molecule is CSc1nc(NN)cc(NCCc2cccc(C)c2)n1. The Hall–Kier alpha value is -1.79. The first kappa shape index (κ1) is 14.6. The van der Waals surface area contributed by atoms with Crippen LogP contribution in [-0.2, 0) is 6.42 Å². The van der Waals surface area contributed by atoms with Gasteiger partial charge >= 0.3 is 0 Å². The van der Waals surface area contributed by atoms with Gasteiger partial charge in [-0.25, -0.2) is 15.8 Å². The predicted octanol–water partition coefficient (Wildman–Crippen LogP) is 2.45. The van der Waals surface area contributed by atoms with E-state index in [1.807, 2.05) is 6.26 Å². The fraction of sp³-hybridized carbons (Fsp3) is 0.286. The molecule has 0 bridgehead atoms. The fourth-order valence-electron chi connectivity index (χ4n) is 1.88. The molecule has 1 heterocycles. The van der Waals surface area contributed by atoms with Crippen LogP contribution in [0.4, 0.5) is 11.6 Å². The lowest BCUT2D eigenvalue weighted by Crippen LogP contribution is -2.12. The molecule has 0 amide bonds. The number of aromatic nitrogens is 2. The van der Waals surface area contributed by atoms with Gasteiger partial charge in [0.25, 0.3) is 0 Å². The minimum absolute atomic E-state index is 0.613. The van der Waals surface area contributed by atoms with Crippen molar-refractivity contribution in [3.8, 4) is 0 Å². The Labute approximate surface area is 123 Å². The van der Waals surface area contributed by atoms with Gasteiger partial charge in [0.05, 0.1) is 0 Å². The predicted molar refractivity (Wildman–Crippen MR) is 85.0 cm³/mol. The maximum Gasteiger partial charge on any atom is 0.191 e. The number of thioether (sulfide) groups is 1. The second-order valence-electron chi connectivity index (χ2n) is 4.44. The smallest absolute Gasteiger partial charge is 0.191 e. The van der Waals surface area contributed by atoms with E-state index in [-0.39, 0.29) is 0 Å². The molecule has 0 saturated carbocycles. The van der Waals surface area contributed by atoms with Gasteiger partial charge < -0.3 is 10.7 Å². The molecule has 6 heteroatoms. The number of hydrogen-bond donors (Lipinski definition) is 3. The number of anilines is 2. The van der Waals surface area contributed by atoms with E-state index in [0.717, 1.165) is 18.8 Å². The molecule has 1 aromatic carbocycles. The average Bonchev–Trinajstić information content (AvgIpc) is 2.47. The van der Waals surface area contributed by atoms with Gasteiger partial charge in [0, 0.05) is 12.6 Å². The van der Waals surface area contributed by atoms with E-state index >= 15 is 0 Å². The minimum atomic E-state index is 0.613. The number of hydrazine groups is 1. The normalized spacial score (nSPS) is 10.3. The quantitative estimate of drug-likeness (QED) is 0.328. The van der Waals surface area contributed by atoms with E-state index in [0.29, 0.717) is 11.0 Å². The van der Waals surface area contributed by atoms with Gasteiger partial charge in [-0.15, -0.1) is 0 Å². The monoisotopic (exact) mass is 289 g/mol. The van der Waals surface area contributed by atoms with Crippen LogP contribution in [0.25, 0.3) is 0 Å². The molecule has 0 aliphatic heterocycles. The van der Waals surface area contributed by atoms with Crippen molar-refractivity contribution in [1.29, 1.82) is 0 Å². The number of benzene rings is 1. The summed E-state index contributed by atoms with van der Waals surface area (Å²) < 4.78 is 0. The lowest BCUT2D eigenvalue weighted by atomic mass is 10.1. The Bertz CT molecular complexity index is 551. The van der Waals surface area contributed by atoms with E-state index in [4.69, 9.17) is 5.84 Å². The molecule has 0 fully saturated rings. The molecular formula is C14H19N5S. The van der Waals surface area contributed by atoms with Gasteiger partial charge in [-0.3, -0.25) is 0 Å². The van der Waals surface area contributed by atoms with Crippen molar-refractivity contribution in [3.05, 3.63) is 41.5 Å². The number of nitrogens with zero attached hydrogens (tertiary/aromatic N) is 2. The molecular weight excluding hydrogens is 270 g/mol. The summed E-state index contributed by atoms with van der Waals surface area (Å²) in [5, 5.41) is 4.00. The van der Waals surface area contributed by atoms with Crippen molar-refractivity contribution in [2.75, 3.05) is 23.5 Å². The van der Waals surface area contributed by atoms with Crippen molar-refractivity contribution in [2.24, 2.45) is 5.84 Å². The van der Waals surface area contributed by atoms with Gasteiger partial charge in [-0.1, -0.05) is 41.6 Å². The summed E-state index contributed by atoms with van der Waals surface area (Å²) >= 11 is 1.49. The zero-order valence-electron chi connectivity index (χ0n) is 11.7. The van der Waals surface area contributed by atoms with Crippen LogP contribution in [0.1, 0.15) is 11.1 Å². The molecule has 2 rings (SSSR count). The second kappa shape index (κ2) is 7.12. The van der Waals surface area contributed by atoms with Gasteiger partial charge in [0.1, 0.15) is 11.6 Å². The summed E-state index contributed by atoms with van der Waals surface area (Å²) in [5.74, 6) is 6.80. The Balaban J connectivity index is 1.96. The van der Waals surface area contributed by atoms with E-state index < -0.39 is 0 Å². The molecule has 5 nitrogen and oxygen atoms in total. The highest BCUT2D eigenvalue weighted by Gasteiger charge is 2.03. The Kier molecular flexibility index (Phi) is 5.20. The van der Waals surface area contributed by atoms with Gasteiger partial charge in [0.2, 0.25) is 0 Å². The Morgan fingerprint density at radius 3 is 2.70 bits per heavy atom. The first-order chi connectivity index (χ1) is 9.71. The lowest BCUT2D eigenvalue weighted by molar-refractivity contribution is 0.938. The van der Waals surface area contributed by atoms with Crippen LogP contribution in [-0.4, -0.2) is 22.8 Å². The highest BCUT2D eigenvalue weighted by atomic mass is 32.2. The molecule has 20 heavy (non-hydrogen) atoms. The Morgan fingerprint density at radius 2 is 2.00 bits per heavy atom. The van der Waals surface area contributed by atoms with Crippen LogP contribution < -0.4 is 16.6 Å². The van der Waals surface area contributed by atoms with Crippen molar-refractivity contribution in [1.82, 2.24) is 9.97 Å². The molecule has 0 aliphatic carbocycles. The second-order valence-corrected chi connectivity index (χ2v) is 5.21. The number of rotatable bonds is 6. The van der Waals surface area contributed by atoms with Crippen LogP contribution in [0, 0.1) is 6.92 Å². The third kappa shape index (κ3) is 4.11. The maximum atomic E-state index is 5.40. The summed E-state index contributed by atoms with van der Waals surface area (Å²) in [6.07, 6.45) is 2.89. The van der Waals surface area contributed by atoms with Gasteiger partial charge in [-0.2, -0.15) is 0 Å². The topological polar surface area (TPSA) is 75.9 Å². The molecule has 0 aliphatic rings. The number of aryl methyl sites for hydroxylation is 1. The van der Waals surface area contributed by atoms with E-state index in [1.165, 1.54) is 22.9 Å². The molecule has 0 unspecified atom stereocenters. The summed E-state index contributed by atoms with van der Waals surface area (Å²) in [6, 6.07) is 10.3. The third-order valence-electron chi connectivity index (χ3n) is 2.84. The Morgan fingerprint density at radius 1 is 1.20 bits per heavy atom. The van der Waals surface area contributed by atoms with Crippen molar-refractivity contribution in [3.63, 3.8) is 0 Å². The highest BCUT2D eigenvalue weighted by molar-refractivity contribution is 7.98.